The maximum Gasteiger partial charge on any atom is 0.138 e. The van der Waals surface area contributed by atoms with Gasteiger partial charge < -0.3 is 10.1 Å². The van der Waals surface area contributed by atoms with Gasteiger partial charge in [-0.2, -0.15) is 0 Å². The van der Waals surface area contributed by atoms with Crippen molar-refractivity contribution in [2.45, 2.75) is 71.4 Å². The Labute approximate surface area is 134 Å². The van der Waals surface area contributed by atoms with Crippen LogP contribution in [0.4, 0.5) is 5.69 Å². The van der Waals surface area contributed by atoms with Crippen LogP contribution in [0.2, 0.25) is 5.02 Å². The Morgan fingerprint density at radius 3 is 2.52 bits per heavy atom. The molecule has 1 aliphatic carbocycles. The first kappa shape index (κ1) is 16.5. The summed E-state index contributed by atoms with van der Waals surface area (Å²) < 4.78 is 5.67. The Hall–Kier alpha value is -0.890. The lowest BCUT2D eigenvalue weighted by Gasteiger charge is -2.29. The second-order valence-corrected chi connectivity index (χ2v) is 6.87. The van der Waals surface area contributed by atoms with Crippen molar-refractivity contribution >= 4 is 17.3 Å². The highest BCUT2D eigenvalue weighted by molar-refractivity contribution is 6.32. The quantitative estimate of drug-likeness (QED) is 0.706. The number of halogens is 1. The van der Waals surface area contributed by atoms with Crippen molar-refractivity contribution < 1.29 is 4.74 Å². The van der Waals surface area contributed by atoms with Crippen molar-refractivity contribution in [3.05, 3.63) is 23.2 Å². The maximum atomic E-state index is 6.29. The molecule has 0 aromatic heterocycles. The highest BCUT2D eigenvalue weighted by atomic mass is 35.5. The molecule has 0 spiro atoms. The summed E-state index contributed by atoms with van der Waals surface area (Å²) in [6, 6.07) is 6.61. The van der Waals surface area contributed by atoms with Gasteiger partial charge in [0, 0.05) is 11.7 Å². The zero-order chi connectivity index (χ0) is 15.2. The van der Waals surface area contributed by atoms with Crippen molar-refractivity contribution in [3.8, 4) is 5.75 Å². The SMILES string of the molecule is CCCC1CCC(Nc2ccc(OC(C)C)c(Cl)c2)CC1. The first-order valence-electron chi connectivity index (χ1n) is 8.31. The van der Waals surface area contributed by atoms with Crippen LogP contribution in [0.1, 0.15) is 59.3 Å². The van der Waals surface area contributed by atoms with Gasteiger partial charge in [0.15, 0.2) is 0 Å². The molecule has 1 fully saturated rings. The standard InChI is InChI=1S/C18H28ClNO/c1-4-5-14-6-8-15(9-7-14)20-16-10-11-18(17(19)12-16)21-13(2)3/h10-15,20H,4-9H2,1-3H3. The summed E-state index contributed by atoms with van der Waals surface area (Å²) in [5, 5.41) is 4.31. The van der Waals surface area contributed by atoms with E-state index in [1.165, 1.54) is 38.5 Å². The Morgan fingerprint density at radius 2 is 1.95 bits per heavy atom. The summed E-state index contributed by atoms with van der Waals surface area (Å²) >= 11 is 6.29. The van der Waals surface area contributed by atoms with E-state index >= 15 is 0 Å². The van der Waals surface area contributed by atoms with Crippen LogP contribution in [0.5, 0.6) is 5.75 Å². The molecule has 0 saturated heterocycles. The first-order chi connectivity index (χ1) is 10.1. The fourth-order valence-electron chi connectivity index (χ4n) is 3.18. The molecule has 1 N–H and O–H groups in total. The maximum absolute atomic E-state index is 6.29. The van der Waals surface area contributed by atoms with Gasteiger partial charge in [0.2, 0.25) is 0 Å². The monoisotopic (exact) mass is 309 g/mol. The molecule has 0 aliphatic heterocycles. The van der Waals surface area contributed by atoms with Crippen LogP contribution in [0.15, 0.2) is 18.2 Å². The Bertz CT molecular complexity index is 439. The molecule has 1 saturated carbocycles. The second-order valence-electron chi connectivity index (χ2n) is 6.46. The van der Waals surface area contributed by atoms with E-state index in [1.54, 1.807) is 0 Å². The minimum atomic E-state index is 0.148. The number of hydrogen-bond donors (Lipinski definition) is 1. The highest BCUT2D eigenvalue weighted by Gasteiger charge is 2.20. The fraction of sp³-hybridized carbons (Fsp3) is 0.667. The zero-order valence-electron chi connectivity index (χ0n) is 13.5. The highest BCUT2D eigenvalue weighted by Crippen LogP contribution is 2.32. The van der Waals surface area contributed by atoms with Gasteiger partial charge in [0.1, 0.15) is 5.75 Å². The number of benzene rings is 1. The van der Waals surface area contributed by atoms with Crippen LogP contribution in [0, 0.1) is 5.92 Å². The Morgan fingerprint density at radius 1 is 1.24 bits per heavy atom. The van der Waals surface area contributed by atoms with Gasteiger partial charge in [0.25, 0.3) is 0 Å². The zero-order valence-corrected chi connectivity index (χ0v) is 14.2. The third kappa shape index (κ3) is 5.10. The third-order valence-corrected chi connectivity index (χ3v) is 4.50. The number of nitrogens with one attached hydrogen (secondary N) is 1. The largest absolute Gasteiger partial charge is 0.489 e. The first-order valence-corrected chi connectivity index (χ1v) is 8.69. The Balaban J connectivity index is 1.88. The predicted molar refractivity (Wildman–Crippen MR) is 91.5 cm³/mol. The minimum Gasteiger partial charge on any atom is -0.489 e. The molecule has 1 aliphatic rings. The van der Waals surface area contributed by atoms with Crippen LogP contribution >= 0.6 is 11.6 Å². The molecule has 118 valence electrons. The topological polar surface area (TPSA) is 21.3 Å². The summed E-state index contributed by atoms with van der Waals surface area (Å²) in [7, 11) is 0. The lowest BCUT2D eigenvalue weighted by atomic mass is 9.83. The van der Waals surface area contributed by atoms with Crippen LogP contribution in [0.3, 0.4) is 0 Å². The number of hydrogen-bond acceptors (Lipinski definition) is 2. The lowest BCUT2D eigenvalue weighted by molar-refractivity contribution is 0.242. The predicted octanol–water partition coefficient (Wildman–Crippen LogP) is 5.90. The van der Waals surface area contributed by atoms with Crippen molar-refractivity contribution in [1.29, 1.82) is 0 Å². The van der Waals surface area contributed by atoms with E-state index in [1.807, 2.05) is 26.0 Å². The van der Waals surface area contributed by atoms with Crippen LogP contribution in [0.25, 0.3) is 0 Å². The molecule has 0 heterocycles. The Kier molecular flexibility index (Phi) is 6.22. The van der Waals surface area contributed by atoms with E-state index < -0.39 is 0 Å². The van der Waals surface area contributed by atoms with Gasteiger partial charge in [0.05, 0.1) is 11.1 Å². The molecule has 21 heavy (non-hydrogen) atoms. The molecule has 0 atom stereocenters. The summed E-state index contributed by atoms with van der Waals surface area (Å²) in [5.74, 6) is 1.71. The molecule has 1 aromatic rings. The molecule has 3 heteroatoms. The van der Waals surface area contributed by atoms with E-state index in [-0.39, 0.29) is 6.10 Å². The van der Waals surface area contributed by atoms with E-state index in [4.69, 9.17) is 16.3 Å². The molecule has 2 nitrogen and oxygen atoms in total. The van der Waals surface area contributed by atoms with Crippen LogP contribution < -0.4 is 10.1 Å². The van der Waals surface area contributed by atoms with Gasteiger partial charge in [-0.3, -0.25) is 0 Å². The molecule has 0 radical (unpaired) electrons. The molecule has 2 rings (SSSR count). The molecule has 0 amide bonds. The van der Waals surface area contributed by atoms with E-state index in [9.17, 15) is 0 Å². The smallest absolute Gasteiger partial charge is 0.138 e. The van der Waals surface area contributed by atoms with Gasteiger partial charge in [-0.25, -0.2) is 0 Å². The average Bonchev–Trinajstić information content (AvgIpc) is 2.44. The van der Waals surface area contributed by atoms with E-state index in [0.717, 1.165) is 17.4 Å². The van der Waals surface area contributed by atoms with Crippen LogP contribution in [-0.4, -0.2) is 12.1 Å². The van der Waals surface area contributed by atoms with Crippen molar-refractivity contribution in [2.24, 2.45) is 5.92 Å². The minimum absolute atomic E-state index is 0.148. The normalized spacial score (nSPS) is 22.3. The van der Waals surface area contributed by atoms with E-state index in [0.29, 0.717) is 11.1 Å². The lowest BCUT2D eigenvalue weighted by Crippen LogP contribution is -2.26. The van der Waals surface area contributed by atoms with Crippen molar-refractivity contribution in [2.75, 3.05) is 5.32 Å². The molecular weight excluding hydrogens is 282 g/mol. The molecule has 1 aromatic carbocycles. The summed E-state index contributed by atoms with van der Waals surface area (Å²) in [6.45, 7) is 6.31. The van der Waals surface area contributed by atoms with Crippen molar-refractivity contribution in [3.63, 3.8) is 0 Å². The summed E-state index contributed by atoms with van der Waals surface area (Å²) in [4.78, 5) is 0. The van der Waals surface area contributed by atoms with Gasteiger partial charge in [-0.05, 0) is 63.6 Å². The third-order valence-electron chi connectivity index (χ3n) is 4.21. The number of anilines is 1. The summed E-state index contributed by atoms with van der Waals surface area (Å²) in [6.07, 6.45) is 8.10. The van der Waals surface area contributed by atoms with Crippen molar-refractivity contribution in [1.82, 2.24) is 0 Å². The number of ether oxygens (including phenoxy) is 1. The van der Waals surface area contributed by atoms with Crippen LogP contribution in [-0.2, 0) is 0 Å². The van der Waals surface area contributed by atoms with Gasteiger partial charge in [-0.15, -0.1) is 0 Å². The fourth-order valence-corrected chi connectivity index (χ4v) is 3.40. The van der Waals surface area contributed by atoms with Gasteiger partial charge >= 0.3 is 0 Å². The molecule has 0 unspecified atom stereocenters. The number of rotatable bonds is 6. The molecule has 0 bridgehead atoms. The second kappa shape index (κ2) is 7.93. The molecular formula is C18H28ClNO. The van der Waals surface area contributed by atoms with E-state index in [2.05, 4.69) is 18.3 Å². The summed E-state index contributed by atoms with van der Waals surface area (Å²) in [5.41, 5.74) is 1.11. The van der Waals surface area contributed by atoms with Gasteiger partial charge in [-0.1, -0.05) is 31.4 Å². The average molecular weight is 310 g/mol.